The van der Waals surface area contributed by atoms with Crippen LogP contribution in [0.15, 0.2) is 0 Å². The van der Waals surface area contributed by atoms with Crippen LogP contribution >= 0.6 is 0 Å². The Morgan fingerprint density at radius 2 is 1.72 bits per heavy atom. The van der Waals surface area contributed by atoms with E-state index in [1.54, 1.807) is 0 Å². The number of amides is 1. The van der Waals surface area contributed by atoms with Gasteiger partial charge < -0.3 is 10.6 Å². The SMILES string of the molecule is CC(C)(C)C1CCN(C(=O)C(C)(N)C(F)(F)F)C1. The van der Waals surface area contributed by atoms with Crippen LogP contribution in [0.25, 0.3) is 0 Å². The van der Waals surface area contributed by atoms with Gasteiger partial charge in [-0.15, -0.1) is 0 Å². The zero-order chi connectivity index (χ0) is 14.4. The van der Waals surface area contributed by atoms with E-state index in [1.807, 2.05) is 20.8 Å². The quantitative estimate of drug-likeness (QED) is 0.790. The van der Waals surface area contributed by atoms with Crippen molar-refractivity contribution in [3.8, 4) is 0 Å². The van der Waals surface area contributed by atoms with Crippen molar-refractivity contribution in [3.05, 3.63) is 0 Å². The summed E-state index contributed by atoms with van der Waals surface area (Å²) in [5, 5.41) is 0. The van der Waals surface area contributed by atoms with Gasteiger partial charge in [0.1, 0.15) is 0 Å². The molecule has 1 rings (SSSR count). The van der Waals surface area contributed by atoms with Gasteiger partial charge in [-0.3, -0.25) is 4.79 Å². The molecule has 1 fully saturated rings. The van der Waals surface area contributed by atoms with Crippen LogP contribution in [0.4, 0.5) is 13.2 Å². The molecule has 0 radical (unpaired) electrons. The number of alkyl halides is 3. The molecule has 0 saturated carbocycles. The number of nitrogens with two attached hydrogens (primary N) is 1. The van der Waals surface area contributed by atoms with Crippen molar-refractivity contribution in [3.63, 3.8) is 0 Å². The molecule has 2 unspecified atom stereocenters. The zero-order valence-electron chi connectivity index (χ0n) is 11.3. The molecule has 0 aliphatic carbocycles. The maximum Gasteiger partial charge on any atom is 0.415 e. The van der Waals surface area contributed by atoms with Crippen LogP contribution in [0.2, 0.25) is 0 Å². The molecule has 1 heterocycles. The number of halogens is 3. The molecule has 0 bridgehead atoms. The van der Waals surface area contributed by atoms with Crippen LogP contribution in [0.3, 0.4) is 0 Å². The number of hydrogen-bond acceptors (Lipinski definition) is 2. The minimum absolute atomic E-state index is 0.0156. The summed E-state index contributed by atoms with van der Waals surface area (Å²) in [5.41, 5.74) is 2.35. The number of likely N-dealkylation sites (tertiary alicyclic amines) is 1. The van der Waals surface area contributed by atoms with Crippen molar-refractivity contribution in [2.45, 2.75) is 45.8 Å². The van der Waals surface area contributed by atoms with Crippen LogP contribution in [0.1, 0.15) is 34.1 Å². The number of carbonyl (C=O) groups is 1. The second-order valence-electron chi connectivity index (χ2n) is 6.30. The first kappa shape index (κ1) is 15.3. The van der Waals surface area contributed by atoms with Gasteiger partial charge in [0.2, 0.25) is 0 Å². The van der Waals surface area contributed by atoms with E-state index >= 15 is 0 Å². The molecule has 0 aromatic rings. The number of hydrogen-bond donors (Lipinski definition) is 1. The summed E-state index contributed by atoms with van der Waals surface area (Å²) < 4.78 is 38.1. The zero-order valence-corrected chi connectivity index (χ0v) is 11.3. The molecular weight excluding hydrogens is 245 g/mol. The molecule has 0 aromatic heterocycles. The van der Waals surface area contributed by atoms with Crippen LogP contribution in [-0.2, 0) is 4.79 Å². The van der Waals surface area contributed by atoms with E-state index in [4.69, 9.17) is 5.73 Å². The second-order valence-corrected chi connectivity index (χ2v) is 6.30. The molecule has 18 heavy (non-hydrogen) atoms. The molecular formula is C12H21F3N2O. The Balaban J connectivity index is 2.78. The molecule has 106 valence electrons. The maximum absolute atomic E-state index is 12.7. The first-order valence-corrected chi connectivity index (χ1v) is 6.02. The molecule has 2 atom stereocenters. The molecule has 1 saturated heterocycles. The van der Waals surface area contributed by atoms with E-state index in [0.717, 1.165) is 13.3 Å². The summed E-state index contributed by atoms with van der Waals surface area (Å²) in [4.78, 5) is 13.1. The first-order valence-electron chi connectivity index (χ1n) is 6.02. The van der Waals surface area contributed by atoms with Crippen molar-refractivity contribution in [2.75, 3.05) is 13.1 Å². The highest BCUT2D eigenvalue weighted by molar-refractivity contribution is 5.87. The van der Waals surface area contributed by atoms with Gasteiger partial charge in [-0.1, -0.05) is 20.8 Å². The van der Waals surface area contributed by atoms with Gasteiger partial charge in [0, 0.05) is 13.1 Å². The van der Waals surface area contributed by atoms with E-state index < -0.39 is 17.6 Å². The fourth-order valence-electron chi connectivity index (χ4n) is 2.10. The van der Waals surface area contributed by atoms with Gasteiger partial charge in [-0.05, 0) is 24.7 Å². The van der Waals surface area contributed by atoms with E-state index in [0.29, 0.717) is 13.1 Å². The lowest BCUT2D eigenvalue weighted by atomic mass is 9.80. The third-order valence-electron chi connectivity index (χ3n) is 3.73. The van der Waals surface area contributed by atoms with Crippen molar-refractivity contribution in [1.29, 1.82) is 0 Å². The lowest BCUT2D eigenvalue weighted by Crippen LogP contribution is -2.61. The molecule has 6 heteroatoms. The number of carbonyl (C=O) groups excluding carboxylic acids is 1. The molecule has 0 aromatic carbocycles. The molecule has 3 nitrogen and oxygen atoms in total. The normalized spacial score (nSPS) is 25.1. The highest BCUT2D eigenvalue weighted by atomic mass is 19.4. The van der Waals surface area contributed by atoms with Crippen molar-refractivity contribution < 1.29 is 18.0 Å². The van der Waals surface area contributed by atoms with E-state index in [2.05, 4.69) is 0 Å². The standard InChI is InChI=1S/C12H21F3N2O/c1-10(2,3)8-5-6-17(7-8)9(18)11(4,16)12(13,14)15/h8H,5-7,16H2,1-4H3. The minimum atomic E-state index is -4.72. The van der Waals surface area contributed by atoms with Gasteiger partial charge in [-0.25, -0.2) is 0 Å². The average molecular weight is 266 g/mol. The molecule has 0 spiro atoms. The topological polar surface area (TPSA) is 46.3 Å². The fraction of sp³-hybridized carbons (Fsp3) is 0.917. The van der Waals surface area contributed by atoms with Crippen molar-refractivity contribution in [2.24, 2.45) is 17.1 Å². The van der Waals surface area contributed by atoms with Crippen LogP contribution in [-0.4, -0.2) is 35.6 Å². The summed E-state index contributed by atoms with van der Waals surface area (Å²) in [6.45, 7) is 7.51. The number of rotatable bonds is 1. The Kier molecular flexibility index (Phi) is 3.74. The molecule has 1 amide bonds. The van der Waals surface area contributed by atoms with E-state index in [9.17, 15) is 18.0 Å². The van der Waals surface area contributed by atoms with Gasteiger partial charge >= 0.3 is 6.18 Å². The smallest absolute Gasteiger partial charge is 0.340 e. The molecule has 2 N–H and O–H groups in total. The largest absolute Gasteiger partial charge is 0.415 e. The van der Waals surface area contributed by atoms with Crippen molar-refractivity contribution >= 4 is 5.91 Å². The van der Waals surface area contributed by atoms with Gasteiger partial charge in [0.25, 0.3) is 5.91 Å². The van der Waals surface area contributed by atoms with Gasteiger partial charge in [0.05, 0.1) is 0 Å². The Morgan fingerprint density at radius 1 is 1.22 bits per heavy atom. The lowest BCUT2D eigenvalue weighted by Gasteiger charge is -2.32. The minimum Gasteiger partial charge on any atom is -0.340 e. The van der Waals surface area contributed by atoms with Gasteiger partial charge in [-0.2, -0.15) is 13.2 Å². The molecule has 1 aliphatic heterocycles. The summed E-state index contributed by atoms with van der Waals surface area (Å²) in [5.74, 6) is -0.813. The third-order valence-corrected chi connectivity index (χ3v) is 3.73. The monoisotopic (exact) mass is 266 g/mol. The first-order chi connectivity index (χ1) is 7.87. The van der Waals surface area contributed by atoms with Crippen LogP contribution in [0, 0.1) is 11.3 Å². The summed E-state index contributed by atoms with van der Waals surface area (Å²) >= 11 is 0. The Labute approximate surface area is 106 Å². The van der Waals surface area contributed by atoms with E-state index in [-0.39, 0.29) is 11.3 Å². The third kappa shape index (κ3) is 2.79. The van der Waals surface area contributed by atoms with Crippen LogP contribution in [0.5, 0.6) is 0 Å². The maximum atomic E-state index is 12.7. The second kappa shape index (κ2) is 4.40. The lowest BCUT2D eigenvalue weighted by molar-refractivity contribution is -0.193. The van der Waals surface area contributed by atoms with Crippen molar-refractivity contribution in [1.82, 2.24) is 4.90 Å². The predicted molar refractivity (Wildman–Crippen MR) is 62.8 cm³/mol. The summed E-state index contributed by atoms with van der Waals surface area (Å²) in [6.07, 6.45) is -3.99. The van der Waals surface area contributed by atoms with E-state index in [1.165, 1.54) is 4.90 Å². The van der Waals surface area contributed by atoms with Gasteiger partial charge in [0.15, 0.2) is 5.54 Å². The fourth-order valence-corrected chi connectivity index (χ4v) is 2.10. The average Bonchev–Trinajstić information content (AvgIpc) is 2.62. The molecule has 1 aliphatic rings. The highest BCUT2D eigenvalue weighted by Crippen LogP contribution is 2.36. The Bertz CT molecular complexity index is 331. The summed E-state index contributed by atoms with van der Waals surface area (Å²) in [7, 11) is 0. The number of nitrogens with zero attached hydrogens (tertiary/aromatic N) is 1. The Morgan fingerprint density at radius 3 is 2.06 bits per heavy atom. The Hall–Kier alpha value is -0.780. The van der Waals surface area contributed by atoms with Crippen LogP contribution < -0.4 is 5.73 Å². The summed E-state index contributed by atoms with van der Waals surface area (Å²) in [6, 6.07) is 0. The predicted octanol–water partition coefficient (Wildman–Crippen LogP) is 2.16. The highest BCUT2D eigenvalue weighted by Gasteiger charge is 2.56.